The van der Waals surface area contributed by atoms with Crippen LogP contribution in [0.5, 0.6) is 0 Å². The zero-order valence-electron chi connectivity index (χ0n) is 14.2. The molecule has 4 aromatic heterocycles. The molecule has 0 fully saturated rings. The van der Waals surface area contributed by atoms with Gasteiger partial charge < -0.3 is 9.88 Å². The first kappa shape index (κ1) is 15.3. The summed E-state index contributed by atoms with van der Waals surface area (Å²) in [6.45, 7) is 7.25. The highest BCUT2D eigenvalue weighted by Crippen LogP contribution is 2.20. The lowest BCUT2D eigenvalue weighted by Gasteiger charge is -2.12. The zero-order chi connectivity index (χ0) is 17.6. The average molecular weight is 338 g/mol. The number of aromatic amines is 1. The minimum atomic E-state index is -0.164. The van der Waals surface area contributed by atoms with Gasteiger partial charge in [0.15, 0.2) is 17.1 Å². The Kier molecular flexibility index (Phi) is 3.48. The summed E-state index contributed by atoms with van der Waals surface area (Å²) in [4.78, 5) is 29.1. The van der Waals surface area contributed by atoms with E-state index < -0.39 is 0 Å². The van der Waals surface area contributed by atoms with E-state index >= 15 is 0 Å². The normalized spacial score (nSPS) is 11.5. The van der Waals surface area contributed by atoms with Gasteiger partial charge in [0.05, 0.1) is 6.33 Å². The number of H-pyrrole nitrogens is 1. The number of aromatic nitrogens is 7. The summed E-state index contributed by atoms with van der Waals surface area (Å²) in [5, 5.41) is 6.08. The number of aryl methyl sites for hydroxylation is 3. The minimum Gasteiger partial charge on any atom is -0.364 e. The molecule has 2 N–H and O–H groups in total. The van der Waals surface area contributed by atoms with Crippen molar-refractivity contribution in [1.82, 2.24) is 34.1 Å². The number of hydrogen-bond acceptors (Lipinski definition) is 6. The Morgan fingerprint density at radius 2 is 2.08 bits per heavy atom. The molecule has 9 heteroatoms. The molecule has 0 radical (unpaired) electrons. The van der Waals surface area contributed by atoms with Gasteiger partial charge in [-0.05, 0) is 20.8 Å². The third-order valence-electron chi connectivity index (χ3n) is 4.38. The highest BCUT2D eigenvalue weighted by Gasteiger charge is 2.13. The van der Waals surface area contributed by atoms with Crippen LogP contribution in [-0.4, -0.2) is 34.1 Å². The Balaban J connectivity index is 1.71. The van der Waals surface area contributed by atoms with Gasteiger partial charge in [-0.1, -0.05) is 0 Å². The molecular weight excluding hydrogens is 320 g/mol. The van der Waals surface area contributed by atoms with Crippen molar-refractivity contribution in [2.24, 2.45) is 0 Å². The second-order valence-corrected chi connectivity index (χ2v) is 5.85. The molecule has 0 aliphatic heterocycles. The van der Waals surface area contributed by atoms with Crippen LogP contribution in [-0.2, 0) is 13.1 Å². The van der Waals surface area contributed by atoms with E-state index in [1.807, 2.05) is 25.3 Å². The maximum atomic E-state index is 11.6. The summed E-state index contributed by atoms with van der Waals surface area (Å²) in [5.41, 5.74) is 4.80. The quantitative estimate of drug-likeness (QED) is 0.583. The zero-order valence-corrected chi connectivity index (χ0v) is 14.2. The molecule has 9 nitrogen and oxygen atoms in total. The highest BCUT2D eigenvalue weighted by molar-refractivity contribution is 5.82. The summed E-state index contributed by atoms with van der Waals surface area (Å²) in [7, 11) is 0. The Labute approximate surface area is 142 Å². The standard InChI is InChI=1S/C16H18N8O/c1-4-23-8-20-14-15(18-7-19-16(14)23)17-6-11-9(2)21-12-5-13(25)22-24(12)10(11)3/h5,7-8H,4,6H2,1-3H3,(H,22,25)(H,17,18,19). The number of nitrogens with one attached hydrogen (secondary N) is 2. The van der Waals surface area contributed by atoms with Crippen LogP contribution in [0.15, 0.2) is 23.5 Å². The first-order chi connectivity index (χ1) is 12.1. The maximum absolute atomic E-state index is 11.6. The first-order valence-electron chi connectivity index (χ1n) is 8.06. The van der Waals surface area contributed by atoms with Gasteiger partial charge in [-0.2, -0.15) is 0 Å². The molecule has 0 bridgehead atoms. The molecule has 0 aliphatic carbocycles. The van der Waals surface area contributed by atoms with Gasteiger partial charge in [-0.3, -0.25) is 9.89 Å². The van der Waals surface area contributed by atoms with Gasteiger partial charge in [0.1, 0.15) is 11.8 Å². The lowest BCUT2D eigenvalue weighted by molar-refractivity contribution is 0.777. The predicted octanol–water partition coefficient (Wildman–Crippen LogP) is 1.41. The van der Waals surface area contributed by atoms with Crippen LogP contribution >= 0.6 is 0 Å². The Morgan fingerprint density at radius 1 is 1.24 bits per heavy atom. The lowest BCUT2D eigenvalue weighted by atomic mass is 10.1. The van der Waals surface area contributed by atoms with Gasteiger partial charge in [0.25, 0.3) is 5.56 Å². The van der Waals surface area contributed by atoms with E-state index in [4.69, 9.17) is 0 Å². The lowest BCUT2D eigenvalue weighted by Crippen LogP contribution is -2.11. The minimum absolute atomic E-state index is 0.164. The summed E-state index contributed by atoms with van der Waals surface area (Å²) in [5.74, 6) is 0.678. The molecule has 0 amide bonds. The van der Waals surface area contributed by atoms with Crippen molar-refractivity contribution < 1.29 is 0 Å². The van der Waals surface area contributed by atoms with E-state index in [2.05, 4.69) is 30.4 Å². The maximum Gasteiger partial charge on any atom is 0.266 e. The monoisotopic (exact) mass is 338 g/mol. The average Bonchev–Trinajstić information content (AvgIpc) is 3.17. The van der Waals surface area contributed by atoms with Crippen molar-refractivity contribution in [3.63, 3.8) is 0 Å². The summed E-state index contributed by atoms with van der Waals surface area (Å²) >= 11 is 0. The van der Waals surface area contributed by atoms with E-state index in [0.29, 0.717) is 18.0 Å². The number of hydrogen-bond donors (Lipinski definition) is 2. The Hall–Kier alpha value is -3.23. The molecule has 0 spiro atoms. The molecule has 4 heterocycles. The van der Waals surface area contributed by atoms with E-state index in [9.17, 15) is 4.79 Å². The molecule has 0 saturated carbocycles. The number of nitrogens with zero attached hydrogens (tertiary/aromatic N) is 6. The van der Waals surface area contributed by atoms with Crippen LogP contribution in [0.25, 0.3) is 16.8 Å². The van der Waals surface area contributed by atoms with Crippen LogP contribution < -0.4 is 10.9 Å². The second-order valence-electron chi connectivity index (χ2n) is 5.85. The number of anilines is 1. The smallest absolute Gasteiger partial charge is 0.266 e. The Bertz CT molecular complexity index is 1140. The second kappa shape index (κ2) is 5.69. The number of rotatable bonds is 4. The molecule has 0 aliphatic rings. The summed E-state index contributed by atoms with van der Waals surface area (Å²) in [6.07, 6.45) is 3.29. The molecular formula is C16H18N8O. The first-order valence-corrected chi connectivity index (χ1v) is 8.06. The fraction of sp³-hybridized carbons (Fsp3) is 0.312. The topological polar surface area (TPSA) is 106 Å². The highest BCUT2D eigenvalue weighted by atomic mass is 16.1. The van der Waals surface area contributed by atoms with E-state index in [0.717, 1.165) is 34.7 Å². The van der Waals surface area contributed by atoms with Crippen molar-refractivity contribution in [2.45, 2.75) is 33.9 Å². The van der Waals surface area contributed by atoms with Crippen molar-refractivity contribution in [1.29, 1.82) is 0 Å². The molecule has 128 valence electrons. The van der Waals surface area contributed by atoms with Crippen molar-refractivity contribution >= 4 is 22.6 Å². The van der Waals surface area contributed by atoms with Crippen LogP contribution in [0.3, 0.4) is 0 Å². The summed E-state index contributed by atoms with van der Waals surface area (Å²) in [6, 6.07) is 1.49. The van der Waals surface area contributed by atoms with Gasteiger partial charge in [0, 0.05) is 36.1 Å². The number of fused-ring (bicyclic) bond motifs is 2. The Morgan fingerprint density at radius 3 is 2.88 bits per heavy atom. The molecule has 0 aromatic carbocycles. The SMILES string of the molecule is CCn1cnc2c(NCc3c(C)nc4cc(=O)[nH]n4c3C)ncnc21. The van der Waals surface area contributed by atoms with Gasteiger partial charge in [-0.15, -0.1) is 0 Å². The van der Waals surface area contributed by atoms with Gasteiger partial charge in [0.2, 0.25) is 0 Å². The van der Waals surface area contributed by atoms with Crippen molar-refractivity contribution in [3.05, 3.63) is 46.0 Å². The van der Waals surface area contributed by atoms with Crippen LogP contribution in [0.1, 0.15) is 23.9 Å². The third-order valence-corrected chi connectivity index (χ3v) is 4.38. The molecule has 0 saturated heterocycles. The van der Waals surface area contributed by atoms with Crippen LogP contribution in [0.4, 0.5) is 5.82 Å². The van der Waals surface area contributed by atoms with Crippen LogP contribution in [0.2, 0.25) is 0 Å². The van der Waals surface area contributed by atoms with Crippen molar-refractivity contribution in [2.75, 3.05) is 5.32 Å². The number of imidazole rings is 1. The fourth-order valence-electron chi connectivity index (χ4n) is 3.02. The van der Waals surface area contributed by atoms with Crippen molar-refractivity contribution in [3.8, 4) is 0 Å². The van der Waals surface area contributed by atoms with Crippen LogP contribution in [0, 0.1) is 13.8 Å². The fourth-order valence-corrected chi connectivity index (χ4v) is 3.02. The molecule has 0 unspecified atom stereocenters. The third kappa shape index (κ3) is 2.44. The largest absolute Gasteiger partial charge is 0.364 e. The predicted molar refractivity (Wildman–Crippen MR) is 93.6 cm³/mol. The van der Waals surface area contributed by atoms with E-state index in [1.165, 1.54) is 12.4 Å². The van der Waals surface area contributed by atoms with Gasteiger partial charge >= 0.3 is 0 Å². The molecule has 4 aromatic rings. The van der Waals surface area contributed by atoms with Gasteiger partial charge in [-0.25, -0.2) is 24.5 Å². The summed E-state index contributed by atoms with van der Waals surface area (Å²) < 4.78 is 3.67. The van der Waals surface area contributed by atoms with E-state index in [-0.39, 0.29) is 5.56 Å². The van der Waals surface area contributed by atoms with E-state index in [1.54, 1.807) is 10.8 Å². The molecule has 4 rings (SSSR count). The molecule has 25 heavy (non-hydrogen) atoms. The molecule has 0 atom stereocenters.